The quantitative estimate of drug-likeness (QED) is 0.459. The zero-order valence-corrected chi connectivity index (χ0v) is 17.4. The zero-order chi connectivity index (χ0) is 22.0. The first-order valence-corrected chi connectivity index (χ1v) is 10.1. The zero-order valence-electron chi connectivity index (χ0n) is 17.4. The second-order valence-corrected chi connectivity index (χ2v) is 7.60. The van der Waals surface area contributed by atoms with Crippen molar-refractivity contribution in [2.45, 2.75) is 19.9 Å². The summed E-state index contributed by atoms with van der Waals surface area (Å²) in [5.74, 6) is 0.750. The van der Waals surface area contributed by atoms with Crippen LogP contribution in [0.15, 0.2) is 53.1 Å². The Morgan fingerprint density at radius 3 is 2.45 bits per heavy atom. The van der Waals surface area contributed by atoms with Gasteiger partial charge in [-0.05, 0) is 19.9 Å². The number of nitro benzene ring substituents is 1. The van der Waals surface area contributed by atoms with Crippen LogP contribution in [0.1, 0.15) is 34.8 Å². The van der Waals surface area contributed by atoms with E-state index in [1.807, 2.05) is 38.1 Å². The average molecular weight is 421 g/mol. The van der Waals surface area contributed by atoms with Crippen molar-refractivity contribution in [3.05, 3.63) is 75.7 Å². The van der Waals surface area contributed by atoms with Gasteiger partial charge < -0.3 is 9.42 Å². The van der Waals surface area contributed by atoms with Crippen LogP contribution in [0.3, 0.4) is 0 Å². The summed E-state index contributed by atoms with van der Waals surface area (Å²) in [5, 5.41) is 15.3. The van der Waals surface area contributed by atoms with Gasteiger partial charge in [0.05, 0.1) is 11.0 Å². The van der Waals surface area contributed by atoms with Gasteiger partial charge in [-0.1, -0.05) is 47.1 Å². The van der Waals surface area contributed by atoms with E-state index in [0.717, 1.165) is 11.1 Å². The van der Waals surface area contributed by atoms with Crippen LogP contribution in [-0.4, -0.2) is 56.9 Å². The first kappa shape index (κ1) is 20.7. The monoisotopic (exact) mass is 421 g/mol. The molecule has 0 bridgehead atoms. The molecule has 0 saturated carbocycles. The Hall–Kier alpha value is -3.59. The number of nitro groups is 1. The molecule has 1 unspecified atom stereocenters. The van der Waals surface area contributed by atoms with Gasteiger partial charge in [-0.2, -0.15) is 4.98 Å². The second-order valence-electron chi connectivity index (χ2n) is 7.60. The van der Waals surface area contributed by atoms with Crippen LogP contribution in [0, 0.1) is 17.0 Å². The first-order valence-electron chi connectivity index (χ1n) is 10.1. The minimum atomic E-state index is -0.521. The molecule has 0 aliphatic carbocycles. The molecule has 2 aromatic carbocycles. The van der Waals surface area contributed by atoms with Crippen LogP contribution in [0.2, 0.25) is 0 Å². The minimum Gasteiger partial charge on any atom is -0.337 e. The predicted octanol–water partition coefficient (Wildman–Crippen LogP) is 3.47. The van der Waals surface area contributed by atoms with Gasteiger partial charge in [-0.3, -0.25) is 19.8 Å². The smallest absolute Gasteiger partial charge is 0.282 e. The highest BCUT2D eigenvalue weighted by Gasteiger charge is 2.30. The fourth-order valence-electron chi connectivity index (χ4n) is 3.68. The number of hydrogen-bond donors (Lipinski definition) is 0. The molecule has 9 nitrogen and oxygen atoms in total. The normalized spacial score (nSPS) is 15.6. The molecule has 1 saturated heterocycles. The third-order valence-corrected chi connectivity index (χ3v) is 5.59. The van der Waals surface area contributed by atoms with Crippen molar-refractivity contribution in [2.75, 3.05) is 26.2 Å². The lowest BCUT2D eigenvalue weighted by Gasteiger charge is -2.36. The van der Waals surface area contributed by atoms with Crippen molar-refractivity contribution in [1.82, 2.24) is 19.9 Å². The molecule has 160 valence electrons. The SMILES string of the molecule is Cc1ccc(-c2noc(C(C)N3CCN(C(=O)c4ccccc4[N+](=O)[O-])CC3)n2)cc1. The Morgan fingerprint density at radius 2 is 1.77 bits per heavy atom. The molecule has 0 spiro atoms. The molecule has 4 rings (SSSR count). The summed E-state index contributed by atoms with van der Waals surface area (Å²) in [6.07, 6.45) is 0. The van der Waals surface area contributed by atoms with E-state index in [2.05, 4.69) is 15.0 Å². The summed E-state index contributed by atoms with van der Waals surface area (Å²) in [6.45, 7) is 6.16. The number of aryl methyl sites for hydroxylation is 1. The number of para-hydroxylation sites is 1. The third kappa shape index (κ3) is 4.31. The van der Waals surface area contributed by atoms with E-state index < -0.39 is 4.92 Å². The fourth-order valence-corrected chi connectivity index (χ4v) is 3.68. The third-order valence-electron chi connectivity index (χ3n) is 5.59. The van der Waals surface area contributed by atoms with Crippen LogP contribution in [0.4, 0.5) is 5.69 Å². The molecular formula is C22H23N5O4. The average Bonchev–Trinajstić information content (AvgIpc) is 3.29. The highest BCUT2D eigenvalue weighted by Crippen LogP contribution is 2.25. The Labute approximate surface area is 179 Å². The molecule has 0 radical (unpaired) electrons. The first-order chi connectivity index (χ1) is 14.9. The number of carbonyl (C=O) groups is 1. The molecule has 3 aromatic rings. The molecule has 1 aliphatic rings. The van der Waals surface area contributed by atoms with E-state index in [1.165, 1.54) is 12.1 Å². The lowest BCUT2D eigenvalue weighted by atomic mass is 10.1. The summed E-state index contributed by atoms with van der Waals surface area (Å²) in [6, 6.07) is 13.9. The number of benzene rings is 2. The van der Waals surface area contributed by atoms with Crippen molar-refractivity contribution in [1.29, 1.82) is 0 Å². The van der Waals surface area contributed by atoms with Gasteiger partial charge in [-0.15, -0.1) is 0 Å². The molecule has 1 atom stereocenters. The minimum absolute atomic E-state index is 0.102. The molecule has 1 aliphatic heterocycles. The van der Waals surface area contributed by atoms with Gasteiger partial charge >= 0.3 is 0 Å². The predicted molar refractivity (Wildman–Crippen MR) is 113 cm³/mol. The molecule has 9 heteroatoms. The van der Waals surface area contributed by atoms with Crippen LogP contribution in [0.5, 0.6) is 0 Å². The molecule has 1 amide bonds. The summed E-state index contributed by atoms with van der Waals surface area (Å²) in [7, 11) is 0. The lowest BCUT2D eigenvalue weighted by molar-refractivity contribution is -0.385. The molecule has 2 heterocycles. The van der Waals surface area contributed by atoms with Crippen molar-refractivity contribution in [2.24, 2.45) is 0 Å². The highest BCUT2D eigenvalue weighted by molar-refractivity contribution is 5.98. The van der Waals surface area contributed by atoms with Gasteiger partial charge in [-0.25, -0.2) is 0 Å². The highest BCUT2D eigenvalue weighted by atomic mass is 16.6. The second kappa shape index (κ2) is 8.65. The van der Waals surface area contributed by atoms with E-state index in [1.54, 1.807) is 17.0 Å². The summed E-state index contributed by atoms with van der Waals surface area (Å²) >= 11 is 0. The molecule has 1 aromatic heterocycles. The standard InChI is InChI=1S/C22H23N5O4/c1-15-7-9-17(10-8-15)20-23-21(31-24-20)16(2)25-11-13-26(14-12-25)22(28)18-5-3-4-6-19(18)27(29)30/h3-10,16H,11-14H2,1-2H3. The number of hydrogen-bond acceptors (Lipinski definition) is 7. The number of amides is 1. The van der Waals surface area contributed by atoms with Crippen LogP contribution in [0.25, 0.3) is 11.4 Å². The van der Waals surface area contributed by atoms with E-state index in [0.29, 0.717) is 37.9 Å². The maximum atomic E-state index is 12.8. The van der Waals surface area contributed by atoms with Gasteiger partial charge in [0.1, 0.15) is 5.56 Å². The lowest BCUT2D eigenvalue weighted by Crippen LogP contribution is -2.49. The summed E-state index contributed by atoms with van der Waals surface area (Å²) in [4.78, 5) is 31.9. The van der Waals surface area contributed by atoms with Crippen LogP contribution >= 0.6 is 0 Å². The van der Waals surface area contributed by atoms with Gasteiger partial charge in [0.25, 0.3) is 11.6 Å². The Balaban J connectivity index is 1.40. The summed E-state index contributed by atoms with van der Waals surface area (Å²) < 4.78 is 5.49. The van der Waals surface area contributed by atoms with Gasteiger partial charge in [0, 0.05) is 37.8 Å². The van der Waals surface area contributed by atoms with E-state index >= 15 is 0 Å². The van der Waals surface area contributed by atoms with Crippen molar-refractivity contribution >= 4 is 11.6 Å². The maximum Gasteiger partial charge on any atom is 0.282 e. The summed E-state index contributed by atoms with van der Waals surface area (Å²) in [5.41, 5.74) is 2.01. The largest absolute Gasteiger partial charge is 0.337 e. The molecule has 1 fully saturated rings. The Morgan fingerprint density at radius 1 is 1.10 bits per heavy atom. The molecular weight excluding hydrogens is 398 g/mol. The van der Waals surface area contributed by atoms with Gasteiger partial charge in [0.15, 0.2) is 0 Å². The number of carbonyl (C=O) groups excluding carboxylic acids is 1. The Bertz CT molecular complexity index is 1090. The van der Waals surface area contributed by atoms with Crippen molar-refractivity contribution < 1.29 is 14.2 Å². The van der Waals surface area contributed by atoms with Crippen molar-refractivity contribution in [3.8, 4) is 11.4 Å². The maximum absolute atomic E-state index is 12.8. The van der Waals surface area contributed by atoms with Crippen molar-refractivity contribution in [3.63, 3.8) is 0 Å². The molecule has 31 heavy (non-hydrogen) atoms. The fraction of sp³-hybridized carbons (Fsp3) is 0.318. The topological polar surface area (TPSA) is 106 Å². The van der Waals surface area contributed by atoms with Crippen LogP contribution in [-0.2, 0) is 0 Å². The number of rotatable bonds is 5. The number of piperazine rings is 1. The van der Waals surface area contributed by atoms with E-state index in [9.17, 15) is 14.9 Å². The number of nitrogens with zero attached hydrogens (tertiary/aromatic N) is 5. The van der Waals surface area contributed by atoms with E-state index in [-0.39, 0.29) is 23.2 Å². The Kier molecular flexibility index (Phi) is 5.77. The van der Waals surface area contributed by atoms with Crippen LogP contribution < -0.4 is 0 Å². The number of aromatic nitrogens is 2. The van der Waals surface area contributed by atoms with E-state index in [4.69, 9.17) is 4.52 Å². The molecule has 0 N–H and O–H groups in total. The van der Waals surface area contributed by atoms with Gasteiger partial charge in [0.2, 0.25) is 11.7 Å².